The molecule has 5 nitrogen and oxygen atoms in total. The van der Waals surface area contributed by atoms with E-state index >= 15 is 0 Å². The van der Waals surface area contributed by atoms with Crippen molar-refractivity contribution < 1.29 is 13.5 Å². The fourth-order valence-corrected chi connectivity index (χ4v) is 4.32. The summed E-state index contributed by atoms with van der Waals surface area (Å²) in [5, 5.41) is 12.3. The number of thiazole rings is 1. The van der Waals surface area contributed by atoms with Gasteiger partial charge in [-0.1, -0.05) is 12.1 Å². The van der Waals surface area contributed by atoms with Crippen LogP contribution in [0.25, 0.3) is 10.6 Å². The van der Waals surface area contributed by atoms with Crippen molar-refractivity contribution in [1.82, 2.24) is 9.88 Å². The molecule has 0 radical (unpaired) electrons. The minimum absolute atomic E-state index is 0.198. The van der Waals surface area contributed by atoms with E-state index in [0.29, 0.717) is 4.90 Å². The zero-order chi connectivity index (χ0) is 16.4. The standard InChI is InChI=1S/C16H20N2O3S2/c1-23(20,21)15-6-4-12(5-7-15)16-17-13(11-22-16)9-18-8-2-3-14(18)10-19/h4-7,11,14,19H,2-3,8-10H2,1H3. The quantitative estimate of drug-likeness (QED) is 0.893. The van der Waals surface area contributed by atoms with Gasteiger partial charge in [0.05, 0.1) is 17.2 Å². The predicted octanol–water partition coefficient (Wildman–Crippen LogP) is 2.17. The highest BCUT2D eigenvalue weighted by atomic mass is 32.2. The van der Waals surface area contributed by atoms with E-state index in [9.17, 15) is 13.5 Å². The van der Waals surface area contributed by atoms with Gasteiger partial charge in [-0.15, -0.1) is 11.3 Å². The van der Waals surface area contributed by atoms with E-state index in [0.717, 1.165) is 42.2 Å². The summed E-state index contributed by atoms with van der Waals surface area (Å²) in [6.45, 7) is 1.95. The van der Waals surface area contributed by atoms with Gasteiger partial charge in [-0.05, 0) is 31.5 Å². The van der Waals surface area contributed by atoms with E-state index in [2.05, 4.69) is 9.88 Å². The van der Waals surface area contributed by atoms with Crippen molar-refractivity contribution in [2.75, 3.05) is 19.4 Å². The lowest BCUT2D eigenvalue weighted by atomic mass is 10.2. The van der Waals surface area contributed by atoms with Crippen LogP contribution in [-0.4, -0.2) is 48.9 Å². The van der Waals surface area contributed by atoms with Crippen LogP contribution < -0.4 is 0 Å². The van der Waals surface area contributed by atoms with Crippen LogP contribution in [0.5, 0.6) is 0 Å². The van der Waals surface area contributed by atoms with E-state index in [1.807, 2.05) is 5.38 Å². The molecule has 1 aliphatic rings. The molecule has 0 spiro atoms. The molecule has 1 aromatic carbocycles. The third-order valence-corrected chi connectivity index (χ3v) is 6.22. The van der Waals surface area contributed by atoms with Gasteiger partial charge in [0.25, 0.3) is 0 Å². The van der Waals surface area contributed by atoms with Crippen molar-refractivity contribution >= 4 is 21.2 Å². The van der Waals surface area contributed by atoms with Gasteiger partial charge in [-0.3, -0.25) is 4.90 Å². The molecule has 3 rings (SSSR count). The second-order valence-electron chi connectivity index (χ2n) is 5.89. The molecule has 1 fully saturated rings. The number of nitrogens with zero attached hydrogens (tertiary/aromatic N) is 2. The third-order valence-electron chi connectivity index (χ3n) is 4.16. The van der Waals surface area contributed by atoms with Crippen LogP contribution in [0.4, 0.5) is 0 Å². The molecule has 2 heterocycles. The number of hydrogen-bond donors (Lipinski definition) is 1. The van der Waals surface area contributed by atoms with Crippen LogP contribution >= 0.6 is 11.3 Å². The van der Waals surface area contributed by atoms with Crippen molar-refractivity contribution in [3.05, 3.63) is 35.3 Å². The van der Waals surface area contributed by atoms with Crippen LogP contribution in [0, 0.1) is 0 Å². The molecular formula is C16H20N2O3S2. The summed E-state index contributed by atoms with van der Waals surface area (Å²) in [7, 11) is -3.17. The number of likely N-dealkylation sites (tertiary alicyclic amines) is 1. The summed E-state index contributed by atoms with van der Waals surface area (Å²) in [4.78, 5) is 7.24. The Morgan fingerprint density at radius 1 is 1.35 bits per heavy atom. The van der Waals surface area contributed by atoms with Gasteiger partial charge < -0.3 is 5.11 Å². The number of aliphatic hydroxyl groups is 1. The fourth-order valence-electron chi connectivity index (χ4n) is 2.88. The first-order chi connectivity index (χ1) is 11.0. The SMILES string of the molecule is CS(=O)(=O)c1ccc(-c2nc(CN3CCCC3CO)cs2)cc1. The summed E-state index contributed by atoms with van der Waals surface area (Å²) in [6, 6.07) is 7.08. The first-order valence-corrected chi connectivity index (χ1v) is 10.3. The van der Waals surface area contributed by atoms with E-state index in [4.69, 9.17) is 0 Å². The summed E-state index contributed by atoms with van der Waals surface area (Å²) < 4.78 is 23.0. The molecule has 1 saturated heterocycles. The molecule has 0 aliphatic carbocycles. The van der Waals surface area contributed by atoms with E-state index in [1.54, 1.807) is 35.6 Å². The molecule has 0 amide bonds. The Morgan fingerprint density at radius 3 is 2.74 bits per heavy atom. The summed E-state index contributed by atoms with van der Waals surface area (Å²) in [5.41, 5.74) is 1.92. The number of aliphatic hydroxyl groups excluding tert-OH is 1. The minimum Gasteiger partial charge on any atom is -0.395 e. The monoisotopic (exact) mass is 352 g/mol. The number of hydrogen-bond acceptors (Lipinski definition) is 6. The van der Waals surface area contributed by atoms with Gasteiger partial charge in [0.1, 0.15) is 5.01 Å². The Bertz CT molecular complexity index is 769. The molecule has 1 N–H and O–H groups in total. The Balaban J connectivity index is 1.74. The van der Waals surface area contributed by atoms with Gasteiger partial charge in [-0.2, -0.15) is 0 Å². The van der Waals surface area contributed by atoms with Crippen LogP contribution in [0.1, 0.15) is 18.5 Å². The average molecular weight is 352 g/mol. The Morgan fingerprint density at radius 2 is 2.09 bits per heavy atom. The maximum atomic E-state index is 11.5. The van der Waals surface area contributed by atoms with E-state index in [1.165, 1.54) is 6.26 Å². The topological polar surface area (TPSA) is 70.5 Å². The zero-order valence-corrected chi connectivity index (χ0v) is 14.6. The molecule has 1 aliphatic heterocycles. The van der Waals surface area contributed by atoms with Crippen LogP contribution in [0.15, 0.2) is 34.5 Å². The lowest BCUT2D eigenvalue weighted by molar-refractivity contribution is 0.152. The largest absolute Gasteiger partial charge is 0.395 e. The zero-order valence-electron chi connectivity index (χ0n) is 13.0. The summed E-state index contributed by atoms with van der Waals surface area (Å²) in [6.07, 6.45) is 3.37. The smallest absolute Gasteiger partial charge is 0.175 e. The number of benzene rings is 1. The highest BCUT2D eigenvalue weighted by Gasteiger charge is 2.24. The Labute approximate surface area is 140 Å². The predicted molar refractivity (Wildman–Crippen MR) is 91.2 cm³/mol. The Hall–Kier alpha value is -1.28. The van der Waals surface area contributed by atoms with Gasteiger partial charge in [-0.25, -0.2) is 13.4 Å². The molecule has 1 unspecified atom stereocenters. The molecule has 23 heavy (non-hydrogen) atoms. The van der Waals surface area contributed by atoms with Crippen molar-refractivity contribution in [3.63, 3.8) is 0 Å². The minimum atomic E-state index is -3.17. The maximum absolute atomic E-state index is 11.5. The molecule has 7 heteroatoms. The second kappa shape index (κ2) is 6.68. The van der Waals surface area contributed by atoms with Gasteiger partial charge in [0.15, 0.2) is 9.84 Å². The Kier molecular flexibility index (Phi) is 4.82. The van der Waals surface area contributed by atoms with Gasteiger partial charge in [0.2, 0.25) is 0 Å². The molecule has 1 atom stereocenters. The van der Waals surface area contributed by atoms with Crippen LogP contribution in [0.3, 0.4) is 0 Å². The van der Waals surface area contributed by atoms with E-state index in [-0.39, 0.29) is 12.6 Å². The first-order valence-electron chi connectivity index (χ1n) is 7.57. The van der Waals surface area contributed by atoms with Gasteiger partial charge in [0, 0.05) is 29.8 Å². The van der Waals surface area contributed by atoms with Crippen molar-refractivity contribution in [2.24, 2.45) is 0 Å². The first kappa shape index (κ1) is 16.6. The highest BCUT2D eigenvalue weighted by Crippen LogP contribution is 2.27. The maximum Gasteiger partial charge on any atom is 0.175 e. The highest BCUT2D eigenvalue weighted by molar-refractivity contribution is 7.90. The van der Waals surface area contributed by atoms with Crippen molar-refractivity contribution in [2.45, 2.75) is 30.3 Å². The number of rotatable bonds is 5. The lowest BCUT2D eigenvalue weighted by Gasteiger charge is -2.21. The molecule has 0 saturated carbocycles. The lowest BCUT2D eigenvalue weighted by Crippen LogP contribution is -2.31. The van der Waals surface area contributed by atoms with Crippen molar-refractivity contribution in [3.8, 4) is 10.6 Å². The molecule has 1 aromatic heterocycles. The third kappa shape index (κ3) is 3.80. The molecule has 124 valence electrons. The second-order valence-corrected chi connectivity index (χ2v) is 8.76. The molecule has 2 aromatic rings. The number of aromatic nitrogens is 1. The summed E-state index contributed by atoms with van der Waals surface area (Å²) >= 11 is 1.56. The number of sulfone groups is 1. The average Bonchev–Trinajstić information content (AvgIpc) is 3.16. The summed E-state index contributed by atoms with van der Waals surface area (Å²) in [5.74, 6) is 0. The van der Waals surface area contributed by atoms with E-state index < -0.39 is 9.84 Å². The molecular weight excluding hydrogens is 332 g/mol. The van der Waals surface area contributed by atoms with Crippen LogP contribution in [0.2, 0.25) is 0 Å². The normalized spacial score (nSPS) is 19.3. The molecule has 0 bridgehead atoms. The van der Waals surface area contributed by atoms with Crippen LogP contribution in [-0.2, 0) is 16.4 Å². The fraction of sp³-hybridized carbons (Fsp3) is 0.438. The van der Waals surface area contributed by atoms with Gasteiger partial charge >= 0.3 is 0 Å². The van der Waals surface area contributed by atoms with Crippen molar-refractivity contribution in [1.29, 1.82) is 0 Å².